The molecule has 0 spiro atoms. The van der Waals surface area contributed by atoms with Crippen molar-refractivity contribution < 1.29 is 15.0 Å². The maximum absolute atomic E-state index is 11.0. The highest BCUT2D eigenvalue weighted by Gasteiger charge is 2.61. The molecule has 0 radical (unpaired) electrons. The number of aliphatic carboxylic acids is 1. The third kappa shape index (κ3) is 1.09. The Morgan fingerprint density at radius 1 is 1.77 bits per heavy atom. The molecule has 0 bridgehead atoms. The zero-order chi connectivity index (χ0) is 9.47. The fourth-order valence-corrected chi connectivity index (χ4v) is 2.76. The molecule has 2 rings (SSSR count). The Bertz CT molecular complexity index is 320. The number of rotatable bonds is 3. The van der Waals surface area contributed by atoms with Gasteiger partial charge < -0.3 is 10.2 Å². The van der Waals surface area contributed by atoms with E-state index < -0.39 is 11.4 Å². The summed E-state index contributed by atoms with van der Waals surface area (Å²) in [6, 6.07) is 3.67. The van der Waals surface area contributed by atoms with Gasteiger partial charge >= 0.3 is 5.97 Å². The molecule has 1 saturated carbocycles. The summed E-state index contributed by atoms with van der Waals surface area (Å²) in [6.45, 7) is -0.0375. The number of hydrogen-bond acceptors (Lipinski definition) is 3. The minimum absolute atomic E-state index is 0.0375. The van der Waals surface area contributed by atoms with Gasteiger partial charge in [-0.3, -0.25) is 4.79 Å². The van der Waals surface area contributed by atoms with Gasteiger partial charge in [-0.25, -0.2) is 0 Å². The SMILES string of the molecule is O=C(O)C1(c2cccs2)CC1CO. The van der Waals surface area contributed by atoms with Crippen LogP contribution in [0.2, 0.25) is 0 Å². The van der Waals surface area contributed by atoms with E-state index in [0.29, 0.717) is 6.42 Å². The van der Waals surface area contributed by atoms with Crippen LogP contribution >= 0.6 is 11.3 Å². The lowest BCUT2D eigenvalue weighted by molar-refractivity contribution is -0.140. The van der Waals surface area contributed by atoms with Gasteiger partial charge in [0, 0.05) is 17.4 Å². The van der Waals surface area contributed by atoms with Gasteiger partial charge in [0.15, 0.2) is 0 Å². The van der Waals surface area contributed by atoms with E-state index >= 15 is 0 Å². The van der Waals surface area contributed by atoms with Gasteiger partial charge in [0.05, 0.1) is 0 Å². The van der Waals surface area contributed by atoms with Gasteiger partial charge in [-0.2, -0.15) is 0 Å². The maximum atomic E-state index is 11.0. The molecule has 0 amide bonds. The van der Waals surface area contributed by atoms with Crippen molar-refractivity contribution in [2.45, 2.75) is 11.8 Å². The molecule has 1 heterocycles. The van der Waals surface area contributed by atoms with Crippen molar-refractivity contribution in [3.63, 3.8) is 0 Å². The van der Waals surface area contributed by atoms with Crippen molar-refractivity contribution in [3.8, 4) is 0 Å². The third-order valence-corrected chi connectivity index (χ3v) is 3.72. The lowest BCUT2D eigenvalue weighted by Gasteiger charge is -2.08. The Kier molecular flexibility index (Phi) is 1.89. The van der Waals surface area contributed by atoms with Gasteiger partial charge in [-0.05, 0) is 17.9 Å². The highest BCUT2D eigenvalue weighted by molar-refractivity contribution is 7.10. The highest BCUT2D eigenvalue weighted by Crippen LogP contribution is 2.55. The zero-order valence-electron chi connectivity index (χ0n) is 6.93. The predicted octanol–water partition coefficient (Wildman–Crippen LogP) is 1.08. The fraction of sp³-hybridized carbons (Fsp3) is 0.444. The second-order valence-corrected chi connectivity index (χ2v) is 4.29. The molecule has 2 atom stereocenters. The molecule has 0 aromatic carbocycles. The van der Waals surface area contributed by atoms with E-state index in [2.05, 4.69) is 0 Å². The third-order valence-electron chi connectivity index (χ3n) is 2.67. The molecular formula is C9H10O3S. The molecule has 2 unspecified atom stereocenters. The number of carbonyl (C=O) groups is 1. The molecule has 2 N–H and O–H groups in total. The second-order valence-electron chi connectivity index (χ2n) is 3.34. The van der Waals surface area contributed by atoms with Crippen LogP contribution in [-0.2, 0) is 10.2 Å². The Hall–Kier alpha value is -0.870. The Labute approximate surface area is 79.6 Å². The van der Waals surface area contributed by atoms with Gasteiger partial charge in [0.25, 0.3) is 0 Å². The molecule has 4 heteroatoms. The van der Waals surface area contributed by atoms with Crippen LogP contribution in [0, 0.1) is 5.92 Å². The van der Waals surface area contributed by atoms with E-state index in [1.807, 2.05) is 17.5 Å². The molecule has 13 heavy (non-hydrogen) atoms. The lowest BCUT2D eigenvalue weighted by atomic mass is 10.0. The molecule has 1 aromatic heterocycles. The monoisotopic (exact) mass is 198 g/mol. The Morgan fingerprint density at radius 2 is 2.54 bits per heavy atom. The van der Waals surface area contributed by atoms with Crippen LogP contribution in [0.25, 0.3) is 0 Å². The Morgan fingerprint density at radius 3 is 2.92 bits per heavy atom. The number of carboxylic acids is 1. The quantitative estimate of drug-likeness (QED) is 0.764. The number of aliphatic hydroxyl groups is 1. The van der Waals surface area contributed by atoms with Crippen LogP contribution < -0.4 is 0 Å². The smallest absolute Gasteiger partial charge is 0.315 e. The topological polar surface area (TPSA) is 57.5 Å². The summed E-state index contributed by atoms with van der Waals surface area (Å²) < 4.78 is 0. The predicted molar refractivity (Wildman–Crippen MR) is 48.8 cm³/mol. The number of carboxylic acid groups (broad SMARTS) is 1. The molecule has 0 saturated heterocycles. The van der Waals surface area contributed by atoms with E-state index in [1.165, 1.54) is 11.3 Å². The summed E-state index contributed by atoms with van der Waals surface area (Å²) >= 11 is 1.45. The molecule has 1 aromatic rings. The normalized spacial score (nSPS) is 31.6. The largest absolute Gasteiger partial charge is 0.481 e. The van der Waals surface area contributed by atoms with E-state index in [1.54, 1.807) is 0 Å². The summed E-state index contributed by atoms with van der Waals surface area (Å²) in [4.78, 5) is 11.9. The summed E-state index contributed by atoms with van der Waals surface area (Å²) in [5, 5.41) is 19.9. The maximum Gasteiger partial charge on any atom is 0.315 e. The molecular weight excluding hydrogens is 188 g/mol. The molecule has 1 aliphatic carbocycles. The average molecular weight is 198 g/mol. The zero-order valence-corrected chi connectivity index (χ0v) is 7.75. The molecule has 1 aliphatic rings. The summed E-state index contributed by atoms with van der Waals surface area (Å²) in [6.07, 6.45) is 0.569. The minimum Gasteiger partial charge on any atom is -0.481 e. The van der Waals surface area contributed by atoms with Crippen molar-refractivity contribution in [2.75, 3.05) is 6.61 Å². The first-order chi connectivity index (χ1) is 6.21. The standard InChI is InChI=1S/C9H10O3S/c10-5-6-4-9(6,8(11)12)7-2-1-3-13-7/h1-3,6,10H,4-5H2,(H,11,12). The number of hydrogen-bond donors (Lipinski definition) is 2. The van der Waals surface area contributed by atoms with Gasteiger partial charge in [0.2, 0.25) is 0 Å². The summed E-state index contributed by atoms with van der Waals surface area (Å²) in [5.74, 6) is -0.905. The molecule has 1 fully saturated rings. The van der Waals surface area contributed by atoms with Crippen LogP contribution in [0.5, 0.6) is 0 Å². The first kappa shape index (κ1) is 8.72. The molecule has 70 valence electrons. The average Bonchev–Trinajstić information content (AvgIpc) is 2.62. The van der Waals surface area contributed by atoms with E-state index in [4.69, 9.17) is 10.2 Å². The fourth-order valence-electron chi connectivity index (χ4n) is 1.75. The van der Waals surface area contributed by atoms with Gasteiger partial charge in [-0.15, -0.1) is 11.3 Å². The van der Waals surface area contributed by atoms with Gasteiger partial charge in [0.1, 0.15) is 5.41 Å². The van der Waals surface area contributed by atoms with Crippen LogP contribution in [0.3, 0.4) is 0 Å². The van der Waals surface area contributed by atoms with E-state index in [9.17, 15) is 4.79 Å². The van der Waals surface area contributed by atoms with Crippen LogP contribution in [0.1, 0.15) is 11.3 Å². The van der Waals surface area contributed by atoms with Gasteiger partial charge in [-0.1, -0.05) is 6.07 Å². The summed E-state index contributed by atoms with van der Waals surface area (Å²) in [7, 11) is 0. The number of aliphatic hydroxyl groups excluding tert-OH is 1. The van der Waals surface area contributed by atoms with Crippen molar-refractivity contribution in [2.24, 2.45) is 5.92 Å². The van der Waals surface area contributed by atoms with Crippen LogP contribution in [0.4, 0.5) is 0 Å². The molecule has 0 aliphatic heterocycles. The Balaban J connectivity index is 2.33. The highest BCUT2D eigenvalue weighted by atomic mass is 32.1. The van der Waals surface area contributed by atoms with Crippen molar-refractivity contribution in [1.29, 1.82) is 0 Å². The van der Waals surface area contributed by atoms with Crippen LogP contribution in [-0.4, -0.2) is 22.8 Å². The second kappa shape index (κ2) is 2.82. The minimum atomic E-state index is -0.811. The summed E-state index contributed by atoms with van der Waals surface area (Å²) in [5.41, 5.74) is -0.775. The van der Waals surface area contributed by atoms with E-state index in [-0.39, 0.29) is 12.5 Å². The first-order valence-electron chi connectivity index (χ1n) is 4.10. The lowest BCUT2D eigenvalue weighted by Crippen LogP contribution is -2.22. The van der Waals surface area contributed by atoms with E-state index in [0.717, 1.165) is 4.88 Å². The van der Waals surface area contributed by atoms with Crippen molar-refractivity contribution in [3.05, 3.63) is 22.4 Å². The van der Waals surface area contributed by atoms with Crippen molar-refractivity contribution in [1.82, 2.24) is 0 Å². The number of thiophene rings is 1. The van der Waals surface area contributed by atoms with Crippen molar-refractivity contribution >= 4 is 17.3 Å². The molecule has 3 nitrogen and oxygen atoms in total. The first-order valence-corrected chi connectivity index (χ1v) is 4.98. The van der Waals surface area contributed by atoms with Crippen LogP contribution in [0.15, 0.2) is 17.5 Å².